The Kier molecular flexibility index (Phi) is 4.72. The number of hydrogen-bond acceptors (Lipinski definition) is 7. The van der Waals surface area contributed by atoms with Crippen LogP contribution in [0.1, 0.15) is 24.6 Å². The highest BCUT2D eigenvalue weighted by Crippen LogP contribution is 2.35. The molecule has 0 spiro atoms. The van der Waals surface area contributed by atoms with Crippen molar-refractivity contribution in [3.8, 4) is 5.75 Å². The molecule has 1 aromatic rings. The van der Waals surface area contributed by atoms with Gasteiger partial charge in [-0.2, -0.15) is 8.42 Å². The molecule has 0 aliphatic carbocycles. The molecule has 2 saturated heterocycles. The average Bonchev–Trinajstić information content (AvgIpc) is 3.03. The summed E-state index contributed by atoms with van der Waals surface area (Å²) in [6.45, 7) is 4.16. The predicted octanol–water partition coefficient (Wildman–Crippen LogP) is 0.955. The molecule has 25 heavy (non-hydrogen) atoms. The minimum Gasteiger partial charge on any atom is -0.406 e. The molecule has 138 valence electrons. The van der Waals surface area contributed by atoms with E-state index in [-0.39, 0.29) is 6.17 Å². The van der Waals surface area contributed by atoms with E-state index < -0.39 is 10.1 Å². The first-order chi connectivity index (χ1) is 12.0. The molecular weight excluding hydrogens is 342 g/mol. The van der Waals surface area contributed by atoms with Gasteiger partial charge in [0.2, 0.25) is 0 Å². The predicted molar refractivity (Wildman–Crippen MR) is 93.4 cm³/mol. The van der Waals surface area contributed by atoms with Crippen molar-refractivity contribution in [3.05, 3.63) is 29.8 Å². The molecule has 0 radical (unpaired) electrons. The Labute approximate surface area is 149 Å². The molecule has 3 aliphatic heterocycles. The minimum absolute atomic E-state index is 0.115. The van der Waals surface area contributed by atoms with Gasteiger partial charge in [0.25, 0.3) is 10.1 Å². The highest BCUT2D eigenvalue weighted by Gasteiger charge is 2.38. The summed E-state index contributed by atoms with van der Waals surface area (Å²) in [5, 5.41) is 0. The summed E-state index contributed by atoms with van der Waals surface area (Å²) in [5.41, 5.74) is 4.35. The average molecular weight is 367 g/mol. The van der Waals surface area contributed by atoms with Crippen molar-refractivity contribution in [3.63, 3.8) is 0 Å². The summed E-state index contributed by atoms with van der Waals surface area (Å²) in [6, 6.07) is 8.65. The second-order valence-corrected chi connectivity index (χ2v) is 8.88. The van der Waals surface area contributed by atoms with Crippen LogP contribution in [0.3, 0.4) is 0 Å². The molecule has 3 heterocycles. The van der Waals surface area contributed by atoms with Gasteiger partial charge in [0.05, 0.1) is 12.9 Å². The van der Waals surface area contributed by atoms with Crippen LogP contribution in [-0.4, -0.2) is 63.3 Å². The molecule has 1 aromatic carbocycles. The van der Waals surface area contributed by atoms with Gasteiger partial charge in [-0.15, -0.1) is 5.48 Å². The van der Waals surface area contributed by atoms with E-state index in [0.29, 0.717) is 18.6 Å². The summed E-state index contributed by atoms with van der Waals surface area (Å²) in [6.07, 6.45) is 3.31. The molecule has 3 unspecified atom stereocenters. The van der Waals surface area contributed by atoms with Gasteiger partial charge in [0, 0.05) is 37.8 Å². The van der Waals surface area contributed by atoms with Crippen molar-refractivity contribution in [1.82, 2.24) is 15.3 Å². The Balaban J connectivity index is 1.35. The van der Waals surface area contributed by atoms with Gasteiger partial charge in [-0.05, 0) is 24.8 Å². The molecule has 3 atom stereocenters. The van der Waals surface area contributed by atoms with E-state index in [1.807, 2.05) is 18.2 Å². The Morgan fingerprint density at radius 2 is 2.00 bits per heavy atom. The van der Waals surface area contributed by atoms with E-state index in [4.69, 9.17) is 9.02 Å². The smallest absolute Gasteiger partial charge is 0.264 e. The van der Waals surface area contributed by atoms with Crippen LogP contribution in [0.2, 0.25) is 0 Å². The highest BCUT2D eigenvalue weighted by atomic mass is 32.2. The van der Waals surface area contributed by atoms with Crippen molar-refractivity contribution < 1.29 is 17.4 Å². The lowest BCUT2D eigenvalue weighted by molar-refractivity contribution is -0.0186. The number of rotatable bonds is 4. The molecule has 0 saturated carbocycles. The molecule has 3 aliphatic rings. The van der Waals surface area contributed by atoms with Crippen molar-refractivity contribution in [2.45, 2.75) is 25.0 Å². The zero-order chi connectivity index (χ0) is 17.4. The van der Waals surface area contributed by atoms with Gasteiger partial charge < -0.3 is 4.84 Å². The Hall–Kier alpha value is -1.19. The number of nitrogens with zero attached hydrogens (tertiary/aromatic N) is 2. The zero-order valence-electron chi connectivity index (χ0n) is 14.4. The topological polar surface area (TPSA) is 71.1 Å². The van der Waals surface area contributed by atoms with Gasteiger partial charge in [-0.3, -0.25) is 14.0 Å². The Morgan fingerprint density at radius 3 is 2.84 bits per heavy atom. The number of fused-ring (bicyclic) bond motifs is 2. The summed E-state index contributed by atoms with van der Waals surface area (Å²) >= 11 is 0. The molecule has 0 amide bonds. The molecular formula is C17H25N3O4S. The van der Waals surface area contributed by atoms with E-state index in [1.165, 1.54) is 5.56 Å². The number of nitrogens with one attached hydrogen (secondary N) is 1. The van der Waals surface area contributed by atoms with Gasteiger partial charge >= 0.3 is 0 Å². The standard InChI is InChI=1S/C17H25N3O4S/c1-25(21,22)23-12-13-6-7-14-11-20(9-8-19(14)10-13)17-15-4-2-3-5-16(15)24-18-17/h2-5,13-14,17-18H,6-12H2,1H3. The maximum atomic E-state index is 11.2. The monoisotopic (exact) mass is 367 g/mol. The molecule has 0 aromatic heterocycles. The van der Waals surface area contributed by atoms with E-state index in [1.54, 1.807) is 0 Å². The third-order valence-electron chi connectivity index (χ3n) is 5.41. The normalized spacial score (nSPS) is 30.5. The lowest BCUT2D eigenvalue weighted by Gasteiger charge is -2.47. The number of piperidine rings is 1. The lowest BCUT2D eigenvalue weighted by atomic mass is 9.91. The van der Waals surface area contributed by atoms with Gasteiger partial charge in [-0.25, -0.2) is 0 Å². The largest absolute Gasteiger partial charge is 0.406 e. The third kappa shape index (κ3) is 3.83. The molecule has 1 N–H and O–H groups in total. The fourth-order valence-electron chi connectivity index (χ4n) is 4.13. The Bertz CT molecular complexity index is 726. The third-order valence-corrected chi connectivity index (χ3v) is 5.98. The second-order valence-electron chi connectivity index (χ2n) is 7.24. The van der Waals surface area contributed by atoms with Crippen molar-refractivity contribution in [2.24, 2.45) is 5.92 Å². The lowest BCUT2D eigenvalue weighted by Crippen LogP contribution is -2.58. The molecule has 4 rings (SSSR count). The van der Waals surface area contributed by atoms with Crippen LogP contribution in [-0.2, 0) is 14.3 Å². The molecule has 0 bridgehead atoms. The maximum Gasteiger partial charge on any atom is 0.264 e. The van der Waals surface area contributed by atoms with Crippen LogP contribution >= 0.6 is 0 Å². The number of benzene rings is 1. The maximum absolute atomic E-state index is 11.2. The second kappa shape index (κ2) is 6.85. The van der Waals surface area contributed by atoms with E-state index in [2.05, 4.69) is 21.3 Å². The molecule has 8 heteroatoms. The first kappa shape index (κ1) is 17.2. The van der Waals surface area contributed by atoms with Gasteiger partial charge in [-0.1, -0.05) is 18.2 Å². The first-order valence-electron chi connectivity index (χ1n) is 8.83. The van der Waals surface area contributed by atoms with Crippen LogP contribution < -0.4 is 10.3 Å². The fourth-order valence-corrected chi connectivity index (χ4v) is 4.57. The van der Waals surface area contributed by atoms with Crippen molar-refractivity contribution in [2.75, 3.05) is 39.0 Å². The van der Waals surface area contributed by atoms with Crippen molar-refractivity contribution >= 4 is 10.1 Å². The quantitative estimate of drug-likeness (QED) is 0.795. The van der Waals surface area contributed by atoms with Crippen LogP contribution in [0.5, 0.6) is 5.75 Å². The first-order valence-corrected chi connectivity index (χ1v) is 10.6. The summed E-state index contributed by atoms with van der Waals surface area (Å²) < 4.78 is 27.4. The summed E-state index contributed by atoms with van der Waals surface area (Å²) in [4.78, 5) is 10.5. The number of hydrogen-bond donors (Lipinski definition) is 1. The van der Waals surface area contributed by atoms with E-state index in [9.17, 15) is 8.42 Å². The van der Waals surface area contributed by atoms with Gasteiger partial charge in [0.15, 0.2) is 5.75 Å². The van der Waals surface area contributed by atoms with Crippen molar-refractivity contribution in [1.29, 1.82) is 0 Å². The van der Waals surface area contributed by atoms with Gasteiger partial charge in [0.1, 0.15) is 6.17 Å². The highest BCUT2D eigenvalue weighted by molar-refractivity contribution is 7.85. The zero-order valence-corrected chi connectivity index (χ0v) is 15.2. The summed E-state index contributed by atoms with van der Waals surface area (Å²) in [7, 11) is -3.35. The number of piperazine rings is 1. The minimum atomic E-state index is -3.35. The van der Waals surface area contributed by atoms with Crippen LogP contribution in [0.4, 0.5) is 0 Å². The number of para-hydroxylation sites is 1. The SMILES string of the molecule is CS(=O)(=O)OCC1CCC2CN(C3NOc4ccccc43)CCN2C1. The Morgan fingerprint density at radius 1 is 1.20 bits per heavy atom. The van der Waals surface area contributed by atoms with Crippen LogP contribution in [0.15, 0.2) is 24.3 Å². The summed E-state index contributed by atoms with van der Waals surface area (Å²) in [5.74, 6) is 1.21. The number of hydroxylamine groups is 1. The van der Waals surface area contributed by atoms with E-state index >= 15 is 0 Å². The van der Waals surface area contributed by atoms with Crippen LogP contribution in [0, 0.1) is 5.92 Å². The molecule has 2 fully saturated rings. The molecule has 7 nitrogen and oxygen atoms in total. The van der Waals surface area contributed by atoms with E-state index in [0.717, 1.165) is 51.0 Å². The fraction of sp³-hybridized carbons (Fsp3) is 0.647. The van der Waals surface area contributed by atoms with Crippen LogP contribution in [0.25, 0.3) is 0 Å².